The van der Waals surface area contributed by atoms with Gasteiger partial charge in [-0.3, -0.25) is 19.5 Å². The van der Waals surface area contributed by atoms with Crippen molar-refractivity contribution < 1.29 is 18.0 Å². The molecule has 2 amide bonds. The Labute approximate surface area is 153 Å². The summed E-state index contributed by atoms with van der Waals surface area (Å²) in [6.07, 6.45) is 5.06. The molecule has 1 saturated carbocycles. The molecule has 9 nitrogen and oxygen atoms in total. The number of allylic oxidation sites excluding steroid dienone is 2. The van der Waals surface area contributed by atoms with E-state index in [4.69, 9.17) is 5.14 Å². The number of nitrogens with one attached hydrogen (secondary N) is 2. The molecule has 4 atom stereocenters. The molecule has 1 saturated heterocycles. The first-order valence-electron chi connectivity index (χ1n) is 8.88. The Morgan fingerprint density at radius 3 is 2.38 bits per heavy atom. The molecule has 1 heterocycles. The lowest BCUT2D eigenvalue weighted by molar-refractivity contribution is -0.140. The number of guanidine groups is 1. The Morgan fingerprint density at radius 1 is 1.23 bits per heavy atom. The van der Waals surface area contributed by atoms with Gasteiger partial charge in [0.25, 0.3) is 0 Å². The molecule has 0 aromatic carbocycles. The number of carbonyl (C=O) groups excluding carboxylic acids is 2. The van der Waals surface area contributed by atoms with Crippen LogP contribution < -0.4 is 15.8 Å². The van der Waals surface area contributed by atoms with Crippen molar-refractivity contribution >= 4 is 27.8 Å². The summed E-state index contributed by atoms with van der Waals surface area (Å²) >= 11 is 0. The van der Waals surface area contributed by atoms with Crippen molar-refractivity contribution in [2.45, 2.75) is 13.3 Å². The number of amides is 2. The predicted octanol–water partition coefficient (Wildman–Crippen LogP) is -1.36. The van der Waals surface area contributed by atoms with Crippen LogP contribution in [0.1, 0.15) is 13.3 Å². The van der Waals surface area contributed by atoms with Gasteiger partial charge in [-0.1, -0.05) is 12.2 Å². The number of hydrogen-bond donors (Lipinski definition) is 3. The number of rotatable bonds is 7. The van der Waals surface area contributed by atoms with Crippen LogP contribution in [-0.4, -0.2) is 63.0 Å². The molecular formula is C16H25N5O4S. The molecule has 2 bridgehead atoms. The zero-order valence-corrected chi connectivity index (χ0v) is 15.5. The number of nitrogens with two attached hydrogens (primary N) is 1. The third kappa shape index (κ3) is 3.75. The molecule has 0 radical (unpaired) electrons. The minimum atomic E-state index is -3.56. The third-order valence-electron chi connectivity index (χ3n) is 5.18. The van der Waals surface area contributed by atoms with Crippen molar-refractivity contribution in [3.05, 3.63) is 12.2 Å². The summed E-state index contributed by atoms with van der Waals surface area (Å²) in [7, 11) is -3.56. The first kappa shape index (κ1) is 18.8. The van der Waals surface area contributed by atoms with E-state index in [1.54, 1.807) is 0 Å². The molecule has 3 aliphatic rings. The third-order valence-corrected chi connectivity index (χ3v) is 5.93. The van der Waals surface area contributed by atoms with Crippen LogP contribution in [0, 0.1) is 23.7 Å². The van der Waals surface area contributed by atoms with E-state index in [1.165, 1.54) is 4.90 Å². The fourth-order valence-electron chi connectivity index (χ4n) is 4.10. The maximum atomic E-state index is 12.6. The number of likely N-dealkylation sites (tertiary alicyclic amines) is 1. The quantitative estimate of drug-likeness (QED) is 0.215. The van der Waals surface area contributed by atoms with Crippen LogP contribution in [0.5, 0.6) is 0 Å². The van der Waals surface area contributed by atoms with E-state index in [0.29, 0.717) is 19.0 Å². The number of primary sulfonamides is 1. The monoisotopic (exact) mass is 383 g/mol. The van der Waals surface area contributed by atoms with Crippen molar-refractivity contribution in [3.63, 3.8) is 0 Å². The van der Waals surface area contributed by atoms with Crippen LogP contribution >= 0.6 is 0 Å². The SMILES string of the molecule is CCNC(=NCCS(N)(=O)=O)NCCN1C(=O)C2C3C=CC(C3)C2C1=O. The van der Waals surface area contributed by atoms with Crippen LogP contribution in [-0.2, 0) is 19.6 Å². The first-order valence-corrected chi connectivity index (χ1v) is 10.6. The van der Waals surface area contributed by atoms with Gasteiger partial charge in [0.1, 0.15) is 0 Å². The van der Waals surface area contributed by atoms with Gasteiger partial charge in [0.15, 0.2) is 5.96 Å². The molecule has 3 rings (SSSR count). The van der Waals surface area contributed by atoms with E-state index in [0.717, 1.165) is 6.42 Å². The van der Waals surface area contributed by atoms with Gasteiger partial charge in [-0.25, -0.2) is 13.6 Å². The summed E-state index contributed by atoms with van der Waals surface area (Å²) in [6, 6.07) is 0. The topological polar surface area (TPSA) is 134 Å². The number of hydrogen-bond acceptors (Lipinski definition) is 5. The highest BCUT2D eigenvalue weighted by Gasteiger charge is 2.58. The highest BCUT2D eigenvalue weighted by Crippen LogP contribution is 2.52. The number of nitrogens with zero attached hydrogens (tertiary/aromatic N) is 2. The van der Waals surface area contributed by atoms with Crippen LogP contribution in [0.4, 0.5) is 0 Å². The van der Waals surface area contributed by atoms with Gasteiger partial charge in [-0.05, 0) is 25.2 Å². The summed E-state index contributed by atoms with van der Waals surface area (Å²) in [4.78, 5) is 30.7. The molecule has 2 fully saturated rings. The Morgan fingerprint density at radius 2 is 1.85 bits per heavy atom. The second-order valence-electron chi connectivity index (χ2n) is 6.88. The van der Waals surface area contributed by atoms with Gasteiger partial charge in [0.05, 0.1) is 24.1 Å². The maximum absolute atomic E-state index is 12.6. The van der Waals surface area contributed by atoms with Gasteiger partial charge in [-0.15, -0.1) is 0 Å². The second kappa shape index (κ2) is 7.36. The molecule has 2 aliphatic carbocycles. The van der Waals surface area contributed by atoms with Gasteiger partial charge in [0, 0.05) is 19.6 Å². The normalized spacial score (nSPS) is 30.2. The minimum Gasteiger partial charge on any atom is -0.357 e. The highest BCUT2D eigenvalue weighted by molar-refractivity contribution is 7.89. The summed E-state index contributed by atoms with van der Waals surface area (Å²) in [6.45, 7) is 3.13. The lowest BCUT2D eigenvalue weighted by Crippen LogP contribution is -2.44. The molecule has 4 unspecified atom stereocenters. The molecule has 0 spiro atoms. The fraction of sp³-hybridized carbons (Fsp3) is 0.688. The first-order chi connectivity index (χ1) is 12.3. The Balaban J connectivity index is 1.53. The Hall–Kier alpha value is -1.94. The summed E-state index contributed by atoms with van der Waals surface area (Å²) in [5.74, 6) is 0.0735. The van der Waals surface area contributed by atoms with Crippen molar-refractivity contribution in [2.24, 2.45) is 33.8 Å². The zero-order chi connectivity index (χ0) is 18.9. The van der Waals surface area contributed by atoms with Gasteiger partial charge in [0.2, 0.25) is 21.8 Å². The molecule has 4 N–H and O–H groups in total. The highest BCUT2D eigenvalue weighted by atomic mass is 32.2. The van der Waals surface area contributed by atoms with Crippen LogP contribution in [0.3, 0.4) is 0 Å². The van der Waals surface area contributed by atoms with Gasteiger partial charge < -0.3 is 10.6 Å². The van der Waals surface area contributed by atoms with Crippen LogP contribution in [0.25, 0.3) is 0 Å². The van der Waals surface area contributed by atoms with Crippen LogP contribution in [0.2, 0.25) is 0 Å². The number of sulfonamides is 1. The number of imide groups is 1. The average molecular weight is 383 g/mol. The molecule has 0 aromatic rings. The van der Waals surface area contributed by atoms with Gasteiger partial charge >= 0.3 is 0 Å². The lowest BCUT2D eigenvalue weighted by Gasteiger charge is -2.18. The van der Waals surface area contributed by atoms with E-state index in [2.05, 4.69) is 27.8 Å². The van der Waals surface area contributed by atoms with Crippen molar-refractivity contribution in [3.8, 4) is 0 Å². The predicted molar refractivity (Wildman–Crippen MR) is 96.4 cm³/mol. The maximum Gasteiger partial charge on any atom is 0.233 e. The minimum absolute atomic E-state index is 0.0366. The van der Waals surface area contributed by atoms with E-state index in [1.807, 2.05) is 6.92 Å². The summed E-state index contributed by atoms with van der Waals surface area (Å²) < 4.78 is 21.9. The Kier molecular flexibility index (Phi) is 5.33. The smallest absolute Gasteiger partial charge is 0.233 e. The second-order valence-corrected chi connectivity index (χ2v) is 8.62. The van der Waals surface area contributed by atoms with Crippen molar-refractivity contribution in [1.82, 2.24) is 15.5 Å². The zero-order valence-electron chi connectivity index (χ0n) is 14.7. The fourth-order valence-corrected chi connectivity index (χ4v) is 4.44. The number of aliphatic imine (C=N–C) groups is 1. The largest absolute Gasteiger partial charge is 0.357 e. The van der Waals surface area contributed by atoms with Crippen LogP contribution in [0.15, 0.2) is 17.1 Å². The molecule has 10 heteroatoms. The average Bonchev–Trinajstić information content (AvgIpc) is 3.23. The van der Waals surface area contributed by atoms with E-state index in [-0.39, 0.29) is 54.3 Å². The van der Waals surface area contributed by atoms with E-state index in [9.17, 15) is 18.0 Å². The van der Waals surface area contributed by atoms with E-state index >= 15 is 0 Å². The van der Waals surface area contributed by atoms with Crippen molar-refractivity contribution in [1.29, 1.82) is 0 Å². The molecular weight excluding hydrogens is 358 g/mol. The molecule has 1 aliphatic heterocycles. The lowest BCUT2D eigenvalue weighted by atomic mass is 9.85. The standard InChI is InChI=1S/C16H25N5O4S/c1-2-18-16(20-6-8-26(17,24)25)19-5-7-21-14(22)12-10-3-4-11(9-10)13(12)15(21)23/h3-4,10-13H,2,5-9H2,1H3,(H2,17,24,25)(H2,18,19,20). The van der Waals surface area contributed by atoms with Crippen molar-refractivity contribution in [2.75, 3.05) is 31.9 Å². The van der Waals surface area contributed by atoms with E-state index < -0.39 is 10.0 Å². The Bertz CT molecular complexity index is 718. The summed E-state index contributed by atoms with van der Waals surface area (Å²) in [5.41, 5.74) is 0. The number of carbonyl (C=O) groups is 2. The molecule has 144 valence electrons. The number of fused-ring (bicyclic) bond motifs is 5. The van der Waals surface area contributed by atoms with Gasteiger partial charge in [-0.2, -0.15) is 0 Å². The molecule has 26 heavy (non-hydrogen) atoms. The summed E-state index contributed by atoms with van der Waals surface area (Å²) in [5, 5.41) is 11.0. The molecule has 0 aromatic heterocycles.